The number of rotatable bonds is 11. The van der Waals surface area contributed by atoms with Crippen LogP contribution in [0, 0.1) is 0 Å². The summed E-state index contributed by atoms with van der Waals surface area (Å²) in [7, 11) is 0. The zero-order valence-electron chi connectivity index (χ0n) is 18.4. The van der Waals surface area contributed by atoms with Gasteiger partial charge in [0.2, 0.25) is 5.89 Å². The van der Waals surface area contributed by atoms with E-state index in [-0.39, 0.29) is 11.2 Å². The van der Waals surface area contributed by atoms with Gasteiger partial charge in [-0.3, -0.25) is 0 Å². The van der Waals surface area contributed by atoms with Crippen LogP contribution in [-0.2, 0) is 17.6 Å². The van der Waals surface area contributed by atoms with Crippen molar-refractivity contribution in [2.75, 3.05) is 19.7 Å². The van der Waals surface area contributed by atoms with E-state index >= 15 is 0 Å². The summed E-state index contributed by atoms with van der Waals surface area (Å²) in [5, 5.41) is 16.8. The lowest BCUT2D eigenvalue weighted by atomic mass is 9.97. The van der Waals surface area contributed by atoms with E-state index < -0.39 is 0 Å². The van der Waals surface area contributed by atoms with Crippen molar-refractivity contribution in [3.63, 3.8) is 0 Å². The van der Waals surface area contributed by atoms with Crippen molar-refractivity contribution in [1.29, 1.82) is 0 Å². The lowest BCUT2D eigenvalue weighted by Gasteiger charge is -2.10. The first-order valence-corrected chi connectivity index (χ1v) is 11.6. The normalized spacial score (nSPS) is 11.6. The predicted molar refractivity (Wildman–Crippen MR) is 124 cm³/mol. The van der Waals surface area contributed by atoms with Gasteiger partial charge in [-0.15, -0.1) is 11.8 Å². The SMILES string of the molecule is CC(C)(C)c1nc(CSc2ccc(CCNCCCOc3ccc(O)cc3)cc2)no1. The van der Waals surface area contributed by atoms with E-state index in [9.17, 15) is 5.11 Å². The summed E-state index contributed by atoms with van der Waals surface area (Å²) < 4.78 is 11.0. The number of phenolic OH excluding ortho intramolecular Hbond substituents is 1. The van der Waals surface area contributed by atoms with Crippen LogP contribution in [0.15, 0.2) is 57.9 Å². The Morgan fingerprint density at radius 3 is 2.45 bits per heavy atom. The standard InChI is InChI=1S/C24H31N3O3S/c1-24(2,3)23-26-22(27-30-23)17-31-21-11-5-18(6-12-21)13-15-25-14-4-16-29-20-9-7-19(28)8-10-20/h5-12,25,28H,4,13-17H2,1-3H3. The van der Waals surface area contributed by atoms with Crippen LogP contribution in [0.25, 0.3) is 0 Å². The molecule has 0 aliphatic rings. The first-order valence-electron chi connectivity index (χ1n) is 10.6. The molecule has 0 radical (unpaired) electrons. The van der Waals surface area contributed by atoms with E-state index in [0.29, 0.717) is 18.3 Å². The van der Waals surface area contributed by atoms with E-state index in [2.05, 4.69) is 60.5 Å². The number of benzene rings is 2. The number of thioether (sulfide) groups is 1. The summed E-state index contributed by atoms with van der Waals surface area (Å²) in [5.41, 5.74) is 1.19. The van der Waals surface area contributed by atoms with E-state index in [1.807, 2.05) is 0 Å². The molecule has 0 spiro atoms. The van der Waals surface area contributed by atoms with Gasteiger partial charge in [0, 0.05) is 10.3 Å². The number of nitrogens with one attached hydrogen (secondary N) is 1. The minimum absolute atomic E-state index is 0.120. The third-order valence-electron chi connectivity index (χ3n) is 4.59. The van der Waals surface area contributed by atoms with E-state index in [1.54, 1.807) is 36.0 Å². The Morgan fingerprint density at radius 2 is 1.77 bits per heavy atom. The first-order chi connectivity index (χ1) is 14.9. The number of aromatic nitrogens is 2. The Kier molecular flexibility index (Phi) is 8.37. The molecule has 2 aromatic carbocycles. The molecular formula is C24H31N3O3S. The Balaban J connectivity index is 1.29. The number of ether oxygens (including phenoxy) is 1. The third kappa shape index (κ3) is 7.92. The lowest BCUT2D eigenvalue weighted by Crippen LogP contribution is -2.20. The molecule has 0 amide bonds. The van der Waals surface area contributed by atoms with Gasteiger partial charge >= 0.3 is 0 Å². The van der Waals surface area contributed by atoms with Gasteiger partial charge in [0.1, 0.15) is 11.5 Å². The Hall–Kier alpha value is -2.51. The topological polar surface area (TPSA) is 80.4 Å². The number of aromatic hydroxyl groups is 1. The minimum atomic E-state index is -0.120. The van der Waals surface area contributed by atoms with E-state index in [4.69, 9.17) is 9.26 Å². The van der Waals surface area contributed by atoms with Gasteiger partial charge in [0.05, 0.1) is 12.4 Å². The molecule has 6 nitrogen and oxygen atoms in total. The van der Waals surface area contributed by atoms with Gasteiger partial charge < -0.3 is 19.7 Å². The van der Waals surface area contributed by atoms with Gasteiger partial charge in [-0.25, -0.2) is 0 Å². The Morgan fingerprint density at radius 1 is 1.03 bits per heavy atom. The highest BCUT2D eigenvalue weighted by atomic mass is 32.2. The van der Waals surface area contributed by atoms with Crippen molar-refractivity contribution in [2.24, 2.45) is 0 Å². The second kappa shape index (κ2) is 11.2. The van der Waals surface area contributed by atoms with Gasteiger partial charge in [-0.2, -0.15) is 4.98 Å². The number of phenols is 1. The summed E-state index contributed by atoms with van der Waals surface area (Å²) in [5.74, 6) is 3.15. The summed E-state index contributed by atoms with van der Waals surface area (Å²) in [4.78, 5) is 5.68. The average molecular weight is 442 g/mol. The summed E-state index contributed by atoms with van der Waals surface area (Å²) in [6.45, 7) is 8.70. The van der Waals surface area contributed by atoms with Crippen molar-refractivity contribution in [3.05, 3.63) is 65.8 Å². The smallest absolute Gasteiger partial charge is 0.232 e. The molecule has 3 aromatic rings. The molecule has 31 heavy (non-hydrogen) atoms. The van der Waals surface area contributed by atoms with Crippen molar-refractivity contribution in [1.82, 2.24) is 15.5 Å². The maximum Gasteiger partial charge on any atom is 0.232 e. The van der Waals surface area contributed by atoms with Crippen molar-refractivity contribution in [3.8, 4) is 11.5 Å². The molecule has 1 aromatic heterocycles. The van der Waals surface area contributed by atoms with Crippen LogP contribution < -0.4 is 10.1 Å². The van der Waals surface area contributed by atoms with Crippen LogP contribution in [0.1, 0.15) is 44.5 Å². The fourth-order valence-corrected chi connectivity index (χ4v) is 3.55. The van der Waals surface area contributed by atoms with Crippen LogP contribution in [0.2, 0.25) is 0 Å². The Bertz CT molecular complexity index is 918. The molecule has 0 saturated carbocycles. The van der Waals surface area contributed by atoms with Crippen LogP contribution in [0.3, 0.4) is 0 Å². The average Bonchev–Trinajstić information content (AvgIpc) is 3.23. The van der Waals surface area contributed by atoms with Crippen LogP contribution in [0.4, 0.5) is 0 Å². The second-order valence-electron chi connectivity index (χ2n) is 8.39. The van der Waals surface area contributed by atoms with Gasteiger partial charge in [-0.05, 0) is 67.9 Å². The zero-order chi connectivity index (χ0) is 22.1. The zero-order valence-corrected chi connectivity index (χ0v) is 19.2. The lowest BCUT2D eigenvalue weighted by molar-refractivity contribution is 0.308. The number of hydrogen-bond acceptors (Lipinski definition) is 7. The highest BCUT2D eigenvalue weighted by Gasteiger charge is 2.21. The number of nitrogens with zero attached hydrogens (tertiary/aromatic N) is 2. The molecular weight excluding hydrogens is 410 g/mol. The quantitative estimate of drug-likeness (QED) is 0.321. The molecule has 166 valence electrons. The highest BCUT2D eigenvalue weighted by Crippen LogP contribution is 2.24. The van der Waals surface area contributed by atoms with Crippen molar-refractivity contribution in [2.45, 2.75) is 49.7 Å². The third-order valence-corrected chi connectivity index (χ3v) is 5.60. The van der Waals surface area contributed by atoms with Gasteiger partial charge in [0.25, 0.3) is 0 Å². The largest absolute Gasteiger partial charge is 0.508 e. The molecule has 0 bridgehead atoms. The molecule has 0 aliphatic heterocycles. The molecule has 3 rings (SSSR count). The maximum atomic E-state index is 9.26. The Labute approximate surface area is 188 Å². The van der Waals surface area contributed by atoms with Gasteiger partial charge in [0.15, 0.2) is 5.82 Å². The minimum Gasteiger partial charge on any atom is -0.508 e. The molecule has 0 atom stereocenters. The van der Waals surface area contributed by atoms with Crippen LogP contribution >= 0.6 is 11.8 Å². The fraction of sp³-hybridized carbons (Fsp3) is 0.417. The monoisotopic (exact) mass is 441 g/mol. The summed E-state index contributed by atoms with van der Waals surface area (Å²) >= 11 is 1.71. The van der Waals surface area contributed by atoms with Crippen LogP contribution in [-0.4, -0.2) is 34.9 Å². The summed E-state index contributed by atoms with van der Waals surface area (Å²) in [6.07, 6.45) is 1.92. The van der Waals surface area contributed by atoms with Crippen molar-refractivity contribution < 1.29 is 14.4 Å². The second-order valence-corrected chi connectivity index (χ2v) is 9.44. The predicted octanol–water partition coefficient (Wildman–Crippen LogP) is 4.97. The fourth-order valence-electron chi connectivity index (χ4n) is 2.80. The molecule has 0 saturated heterocycles. The first kappa shape index (κ1) is 23.2. The molecule has 1 heterocycles. The molecule has 0 aliphatic carbocycles. The summed E-state index contributed by atoms with van der Waals surface area (Å²) in [6, 6.07) is 15.5. The van der Waals surface area contributed by atoms with Crippen molar-refractivity contribution >= 4 is 11.8 Å². The van der Waals surface area contributed by atoms with E-state index in [0.717, 1.165) is 37.5 Å². The van der Waals surface area contributed by atoms with E-state index in [1.165, 1.54) is 10.5 Å². The number of hydrogen-bond donors (Lipinski definition) is 2. The molecule has 0 fully saturated rings. The molecule has 7 heteroatoms. The highest BCUT2D eigenvalue weighted by molar-refractivity contribution is 7.98. The van der Waals surface area contributed by atoms with Gasteiger partial charge in [-0.1, -0.05) is 38.1 Å². The maximum absolute atomic E-state index is 9.26. The molecule has 0 unspecified atom stereocenters. The van der Waals surface area contributed by atoms with Crippen LogP contribution in [0.5, 0.6) is 11.5 Å². The molecule has 2 N–H and O–H groups in total.